The molecule has 0 bridgehead atoms. The highest BCUT2D eigenvalue weighted by Gasteiger charge is 2.17. The van der Waals surface area contributed by atoms with Gasteiger partial charge in [0, 0.05) is 26.1 Å². The first-order chi connectivity index (χ1) is 9.19. The molecule has 1 aromatic rings. The van der Waals surface area contributed by atoms with Gasteiger partial charge < -0.3 is 20.7 Å². The van der Waals surface area contributed by atoms with Crippen LogP contribution in [0.25, 0.3) is 0 Å². The fourth-order valence-electron chi connectivity index (χ4n) is 1.95. The first kappa shape index (κ1) is 13.3. The van der Waals surface area contributed by atoms with Gasteiger partial charge in [0.2, 0.25) is 17.8 Å². The van der Waals surface area contributed by atoms with E-state index in [0.717, 1.165) is 25.9 Å². The number of nitrogen functional groups attached to an aromatic ring is 1. The topological polar surface area (TPSA) is 106 Å². The van der Waals surface area contributed by atoms with Crippen molar-refractivity contribution in [2.45, 2.75) is 19.3 Å². The van der Waals surface area contributed by atoms with Crippen LogP contribution in [0.1, 0.15) is 19.3 Å². The minimum Gasteiger partial charge on any atom is -0.467 e. The number of anilines is 2. The predicted molar refractivity (Wildman–Crippen MR) is 69.7 cm³/mol. The third-order valence-corrected chi connectivity index (χ3v) is 2.90. The Kier molecular flexibility index (Phi) is 4.32. The first-order valence-electron chi connectivity index (χ1n) is 6.26. The maximum Gasteiger partial charge on any atom is 0.322 e. The van der Waals surface area contributed by atoms with Crippen LogP contribution in [0.4, 0.5) is 11.9 Å². The van der Waals surface area contributed by atoms with Crippen LogP contribution in [0.3, 0.4) is 0 Å². The summed E-state index contributed by atoms with van der Waals surface area (Å²) in [4.78, 5) is 25.4. The molecule has 2 rings (SSSR count). The average Bonchev–Trinajstić information content (AvgIpc) is 2.92. The highest BCUT2D eigenvalue weighted by atomic mass is 16.5. The molecule has 104 valence electrons. The van der Waals surface area contributed by atoms with Gasteiger partial charge >= 0.3 is 6.01 Å². The second-order valence-corrected chi connectivity index (χ2v) is 4.27. The minimum absolute atomic E-state index is 0.0835. The Morgan fingerprint density at radius 2 is 2.11 bits per heavy atom. The molecule has 1 aliphatic heterocycles. The van der Waals surface area contributed by atoms with Crippen molar-refractivity contribution in [3.05, 3.63) is 0 Å². The van der Waals surface area contributed by atoms with Crippen LogP contribution >= 0.6 is 0 Å². The van der Waals surface area contributed by atoms with Gasteiger partial charge in [0.05, 0.1) is 7.11 Å². The second kappa shape index (κ2) is 6.17. The Balaban J connectivity index is 1.81. The highest BCUT2D eigenvalue weighted by molar-refractivity contribution is 5.76. The van der Waals surface area contributed by atoms with Gasteiger partial charge in [-0.05, 0) is 12.8 Å². The fraction of sp³-hybridized carbons (Fsp3) is 0.636. The van der Waals surface area contributed by atoms with Gasteiger partial charge in [-0.1, -0.05) is 0 Å². The Morgan fingerprint density at radius 3 is 2.79 bits per heavy atom. The van der Waals surface area contributed by atoms with Gasteiger partial charge in [0.25, 0.3) is 0 Å². The van der Waals surface area contributed by atoms with Crippen LogP contribution in [0.5, 0.6) is 6.01 Å². The lowest BCUT2D eigenvalue weighted by Crippen LogP contribution is -2.29. The van der Waals surface area contributed by atoms with Gasteiger partial charge in [-0.3, -0.25) is 4.79 Å². The number of rotatable bonds is 5. The van der Waals surface area contributed by atoms with E-state index in [-0.39, 0.29) is 17.9 Å². The normalized spacial score (nSPS) is 14.5. The summed E-state index contributed by atoms with van der Waals surface area (Å²) in [5, 5.41) is 2.94. The third kappa shape index (κ3) is 3.67. The summed E-state index contributed by atoms with van der Waals surface area (Å²) in [6.45, 7) is 2.19. The number of methoxy groups -OCH3 is 1. The molecule has 3 N–H and O–H groups in total. The van der Waals surface area contributed by atoms with Gasteiger partial charge in [0.1, 0.15) is 0 Å². The molecule has 0 spiro atoms. The largest absolute Gasteiger partial charge is 0.467 e. The zero-order valence-corrected chi connectivity index (χ0v) is 10.9. The van der Waals surface area contributed by atoms with E-state index in [1.807, 2.05) is 4.90 Å². The lowest BCUT2D eigenvalue weighted by atomic mass is 10.3. The van der Waals surface area contributed by atoms with Crippen molar-refractivity contribution < 1.29 is 9.53 Å². The van der Waals surface area contributed by atoms with E-state index in [2.05, 4.69) is 20.3 Å². The van der Waals surface area contributed by atoms with E-state index in [4.69, 9.17) is 10.5 Å². The Bertz CT molecular complexity index is 447. The monoisotopic (exact) mass is 266 g/mol. The average molecular weight is 266 g/mol. The van der Waals surface area contributed by atoms with E-state index in [1.165, 1.54) is 7.11 Å². The molecule has 1 aromatic heterocycles. The van der Waals surface area contributed by atoms with Gasteiger partial charge in [0.15, 0.2) is 0 Å². The predicted octanol–water partition coefficient (Wildman–Crippen LogP) is -0.113. The number of ether oxygens (including phenoxy) is 1. The number of hydrogen-bond donors (Lipinski definition) is 2. The van der Waals surface area contributed by atoms with E-state index in [1.54, 1.807) is 0 Å². The zero-order chi connectivity index (χ0) is 13.7. The number of carbonyl (C=O) groups is 1. The number of hydrogen-bond acceptors (Lipinski definition) is 7. The maximum absolute atomic E-state index is 11.8. The number of likely N-dealkylation sites (tertiary alicyclic amines) is 1. The minimum atomic E-state index is 0.0835. The van der Waals surface area contributed by atoms with Crippen LogP contribution in [0.2, 0.25) is 0 Å². The molecule has 0 radical (unpaired) electrons. The molecule has 8 heteroatoms. The van der Waals surface area contributed by atoms with E-state index in [9.17, 15) is 4.79 Å². The van der Waals surface area contributed by atoms with Crippen molar-refractivity contribution in [1.29, 1.82) is 0 Å². The van der Waals surface area contributed by atoms with Crippen molar-refractivity contribution in [3.8, 4) is 6.01 Å². The van der Waals surface area contributed by atoms with Crippen molar-refractivity contribution in [2.75, 3.05) is 37.8 Å². The number of nitrogens with two attached hydrogens (primary N) is 1. The molecule has 0 saturated carbocycles. The summed E-state index contributed by atoms with van der Waals surface area (Å²) in [6, 6.07) is 0.154. The quantitative estimate of drug-likeness (QED) is 0.765. The lowest BCUT2D eigenvalue weighted by molar-refractivity contribution is -0.129. The molecule has 1 amide bonds. The number of nitrogens with one attached hydrogen (secondary N) is 1. The molecule has 8 nitrogen and oxygen atoms in total. The van der Waals surface area contributed by atoms with E-state index < -0.39 is 0 Å². The lowest BCUT2D eigenvalue weighted by Gasteiger charge is -2.15. The SMILES string of the molecule is COc1nc(N)nc(NCCC(=O)N2CCCC2)n1. The van der Waals surface area contributed by atoms with Crippen LogP contribution < -0.4 is 15.8 Å². The molecule has 19 heavy (non-hydrogen) atoms. The van der Waals surface area contributed by atoms with Crippen LogP contribution in [0.15, 0.2) is 0 Å². The molecule has 0 aromatic carbocycles. The molecule has 2 heterocycles. The van der Waals surface area contributed by atoms with E-state index in [0.29, 0.717) is 18.9 Å². The molecule has 1 fully saturated rings. The number of nitrogens with zero attached hydrogens (tertiary/aromatic N) is 4. The van der Waals surface area contributed by atoms with Gasteiger partial charge in [-0.25, -0.2) is 0 Å². The van der Waals surface area contributed by atoms with Crippen molar-refractivity contribution in [3.63, 3.8) is 0 Å². The summed E-state index contributed by atoms with van der Waals surface area (Å²) >= 11 is 0. The fourth-order valence-corrected chi connectivity index (χ4v) is 1.95. The van der Waals surface area contributed by atoms with Crippen LogP contribution in [-0.4, -0.2) is 52.5 Å². The highest BCUT2D eigenvalue weighted by Crippen LogP contribution is 2.10. The standard InChI is InChI=1S/C11H18N6O2/c1-19-11-15-9(12)14-10(16-11)13-5-4-8(18)17-6-2-3-7-17/h2-7H2,1H3,(H3,12,13,14,15,16). The molecule has 1 aliphatic rings. The Hall–Kier alpha value is -2.12. The summed E-state index contributed by atoms with van der Waals surface area (Å²) < 4.78 is 4.89. The molecule has 0 unspecified atom stereocenters. The molecule has 0 aliphatic carbocycles. The third-order valence-electron chi connectivity index (χ3n) is 2.90. The van der Waals surface area contributed by atoms with Crippen LogP contribution in [-0.2, 0) is 4.79 Å². The van der Waals surface area contributed by atoms with Crippen LogP contribution in [0, 0.1) is 0 Å². The number of carbonyl (C=O) groups excluding carboxylic acids is 1. The molecule has 0 atom stereocenters. The van der Waals surface area contributed by atoms with E-state index >= 15 is 0 Å². The van der Waals surface area contributed by atoms with Gasteiger partial charge in [-0.15, -0.1) is 0 Å². The van der Waals surface area contributed by atoms with Crippen molar-refractivity contribution in [1.82, 2.24) is 19.9 Å². The first-order valence-corrected chi connectivity index (χ1v) is 6.26. The smallest absolute Gasteiger partial charge is 0.322 e. The Labute approximate surface area is 111 Å². The summed E-state index contributed by atoms with van der Waals surface area (Å²) in [5.41, 5.74) is 5.51. The second-order valence-electron chi connectivity index (χ2n) is 4.27. The summed E-state index contributed by atoms with van der Waals surface area (Å²) in [7, 11) is 1.45. The van der Waals surface area contributed by atoms with Crippen molar-refractivity contribution in [2.24, 2.45) is 0 Å². The Morgan fingerprint density at radius 1 is 1.37 bits per heavy atom. The zero-order valence-electron chi connectivity index (χ0n) is 10.9. The maximum atomic E-state index is 11.8. The molecular formula is C11H18N6O2. The summed E-state index contributed by atoms with van der Waals surface area (Å²) in [6.07, 6.45) is 2.61. The number of amides is 1. The number of aromatic nitrogens is 3. The molecule has 1 saturated heterocycles. The molecular weight excluding hydrogens is 248 g/mol. The summed E-state index contributed by atoms with van der Waals surface area (Å²) in [5.74, 6) is 0.554. The van der Waals surface area contributed by atoms with Gasteiger partial charge in [-0.2, -0.15) is 15.0 Å². The van der Waals surface area contributed by atoms with Crippen molar-refractivity contribution >= 4 is 17.8 Å².